The monoisotopic (exact) mass is 385 g/mol. The summed E-state index contributed by atoms with van der Waals surface area (Å²) in [6.45, 7) is 1.64. The van der Waals surface area contributed by atoms with E-state index in [0.717, 1.165) is 42.1 Å². The van der Waals surface area contributed by atoms with Crippen molar-refractivity contribution in [1.29, 1.82) is 0 Å². The van der Waals surface area contributed by atoms with E-state index in [-0.39, 0.29) is 12.2 Å². The molecule has 0 bridgehead atoms. The molecule has 2 heterocycles. The second-order valence-corrected chi connectivity index (χ2v) is 7.35. The molecule has 2 saturated heterocycles. The van der Waals surface area contributed by atoms with Gasteiger partial charge in [-0.1, -0.05) is 54.6 Å². The topological polar surface area (TPSA) is 36.0 Å². The molecule has 5 heteroatoms. The fraction of sp³-hybridized carbons (Fsp3) is 0.208. The predicted octanol–water partition coefficient (Wildman–Crippen LogP) is 4.92. The van der Waals surface area contributed by atoms with Crippen molar-refractivity contribution in [3.05, 3.63) is 84.4 Å². The Hall–Kier alpha value is -3.31. The van der Waals surface area contributed by atoms with Crippen molar-refractivity contribution in [2.45, 2.75) is 12.6 Å². The van der Waals surface area contributed by atoms with Gasteiger partial charge in [0.1, 0.15) is 11.9 Å². The third-order valence-corrected chi connectivity index (χ3v) is 5.69. The number of fused-ring (bicyclic) bond motifs is 1. The van der Waals surface area contributed by atoms with Gasteiger partial charge in [0.05, 0.1) is 7.11 Å². The first-order valence-electron chi connectivity index (χ1n) is 9.93. The summed E-state index contributed by atoms with van der Waals surface area (Å²) in [5, 5.41) is 4.05. The maximum atomic E-state index is 13.2. The zero-order valence-electron chi connectivity index (χ0n) is 16.4. The summed E-state index contributed by atoms with van der Waals surface area (Å²) in [5.74, 6) is 0.815. The lowest BCUT2D eigenvalue weighted by Gasteiger charge is -2.28. The van der Waals surface area contributed by atoms with Crippen LogP contribution in [0.2, 0.25) is 0 Å². The highest BCUT2D eigenvalue weighted by atomic mass is 16.5. The molecule has 0 aromatic heterocycles. The average molecular weight is 385 g/mol. The van der Waals surface area contributed by atoms with Gasteiger partial charge in [-0.15, -0.1) is 0 Å². The van der Waals surface area contributed by atoms with Gasteiger partial charge >= 0.3 is 6.03 Å². The van der Waals surface area contributed by atoms with Gasteiger partial charge in [0, 0.05) is 18.8 Å². The quantitative estimate of drug-likeness (QED) is 0.639. The number of benzene rings is 3. The Bertz CT molecular complexity index is 1000. The van der Waals surface area contributed by atoms with E-state index in [4.69, 9.17) is 4.74 Å². The molecule has 2 aliphatic rings. The van der Waals surface area contributed by atoms with E-state index in [1.807, 2.05) is 64.5 Å². The van der Waals surface area contributed by atoms with Crippen molar-refractivity contribution in [2.75, 3.05) is 25.1 Å². The van der Waals surface area contributed by atoms with Crippen LogP contribution < -0.4 is 9.64 Å². The number of urea groups is 1. The minimum Gasteiger partial charge on any atom is -0.497 e. The summed E-state index contributed by atoms with van der Waals surface area (Å²) in [4.78, 5) is 15.1. The number of methoxy groups -OCH3 is 1. The standard InChI is InChI=1S/C24H23N3O2/c1-29-22-14-10-20(11-15-22)23-25-16-5-17-26(25)24(28)27(23)21-12-8-19(9-13-21)18-6-3-2-4-7-18/h2-4,6-15,23H,5,16-17H2,1H3/t23-/m1/s1. The molecule has 3 aromatic carbocycles. The van der Waals surface area contributed by atoms with Crippen molar-refractivity contribution >= 4 is 11.7 Å². The van der Waals surface area contributed by atoms with E-state index >= 15 is 0 Å². The van der Waals surface area contributed by atoms with Crippen molar-refractivity contribution in [1.82, 2.24) is 10.0 Å². The fourth-order valence-corrected chi connectivity index (χ4v) is 4.25. The number of anilines is 1. The first kappa shape index (κ1) is 17.8. The molecule has 1 atom stereocenters. The second-order valence-electron chi connectivity index (χ2n) is 7.35. The molecule has 2 aliphatic heterocycles. The Labute approximate surface area is 170 Å². The van der Waals surface area contributed by atoms with Crippen LogP contribution in [-0.2, 0) is 0 Å². The van der Waals surface area contributed by atoms with Crippen LogP contribution in [0.5, 0.6) is 5.75 Å². The van der Waals surface area contributed by atoms with Crippen LogP contribution in [0.4, 0.5) is 10.5 Å². The number of rotatable bonds is 4. The number of nitrogens with zero attached hydrogens (tertiary/aromatic N) is 3. The lowest BCUT2D eigenvalue weighted by molar-refractivity contribution is 0.0727. The third-order valence-electron chi connectivity index (χ3n) is 5.69. The number of carbonyl (C=O) groups excluding carboxylic acids is 1. The Morgan fingerprint density at radius 3 is 2.21 bits per heavy atom. The summed E-state index contributed by atoms with van der Waals surface area (Å²) in [6, 6.07) is 26.6. The minimum atomic E-state index is -0.140. The van der Waals surface area contributed by atoms with Crippen LogP contribution in [0.1, 0.15) is 18.2 Å². The van der Waals surface area contributed by atoms with Gasteiger partial charge < -0.3 is 4.74 Å². The second kappa shape index (κ2) is 7.26. The van der Waals surface area contributed by atoms with Crippen molar-refractivity contribution in [2.24, 2.45) is 0 Å². The Morgan fingerprint density at radius 2 is 1.52 bits per heavy atom. The van der Waals surface area contributed by atoms with Gasteiger partial charge in [-0.3, -0.25) is 9.91 Å². The molecule has 0 aliphatic carbocycles. The Kier molecular flexibility index (Phi) is 4.45. The minimum absolute atomic E-state index is 0.0378. The van der Waals surface area contributed by atoms with Crippen LogP contribution in [0.15, 0.2) is 78.9 Å². The van der Waals surface area contributed by atoms with Gasteiger partial charge in [-0.2, -0.15) is 5.01 Å². The van der Waals surface area contributed by atoms with Gasteiger partial charge in [0.15, 0.2) is 0 Å². The van der Waals surface area contributed by atoms with Crippen LogP contribution in [0.25, 0.3) is 11.1 Å². The number of ether oxygens (including phenoxy) is 1. The zero-order chi connectivity index (χ0) is 19.8. The molecule has 2 fully saturated rings. The summed E-state index contributed by atoms with van der Waals surface area (Å²) in [5.41, 5.74) is 4.30. The highest BCUT2D eigenvalue weighted by Crippen LogP contribution is 2.41. The van der Waals surface area contributed by atoms with E-state index < -0.39 is 0 Å². The number of carbonyl (C=O) groups is 1. The number of hydrazine groups is 1. The highest BCUT2D eigenvalue weighted by Gasteiger charge is 2.47. The molecular weight excluding hydrogens is 362 g/mol. The van der Waals surface area contributed by atoms with E-state index in [1.165, 1.54) is 5.56 Å². The number of hydrogen-bond acceptors (Lipinski definition) is 3. The molecule has 3 aromatic rings. The molecular formula is C24H23N3O2. The maximum absolute atomic E-state index is 13.2. The molecule has 0 spiro atoms. The van der Waals surface area contributed by atoms with Gasteiger partial charge in [-0.05, 0) is 47.4 Å². The predicted molar refractivity (Wildman–Crippen MR) is 114 cm³/mol. The summed E-state index contributed by atoms with van der Waals surface area (Å²) >= 11 is 0. The molecule has 0 radical (unpaired) electrons. The van der Waals surface area contributed by atoms with Crippen molar-refractivity contribution < 1.29 is 9.53 Å². The van der Waals surface area contributed by atoms with Gasteiger partial charge in [0.2, 0.25) is 0 Å². The zero-order valence-corrected chi connectivity index (χ0v) is 16.4. The summed E-state index contributed by atoms with van der Waals surface area (Å²) in [7, 11) is 1.66. The molecule has 2 amide bonds. The van der Waals surface area contributed by atoms with E-state index in [1.54, 1.807) is 7.11 Å². The molecule has 146 valence electrons. The van der Waals surface area contributed by atoms with E-state index in [2.05, 4.69) is 29.3 Å². The van der Waals surface area contributed by atoms with Crippen molar-refractivity contribution in [3.63, 3.8) is 0 Å². The van der Waals surface area contributed by atoms with E-state index in [0.29, 0.717) is 0 Å². The number of hydrogen-bond donors (Lipinski definition) is 0. The van der Waals surface area contributed by atoms with Crippen LogP contribution >= 0.6 is 0 Å². The SMILES string of the molecule is COc1ccc([C@H]2N(c3ccc(-c4ccccc4)cc3)C(=O)N3CCCN23)cc1. The largest absolute Gasteiger partial charge is 0.497 e. The lowest BCUT2D eigenvalue weighted by Crippen LogP contribution is -2.32. The lowest BCUT2D eigenvalue weighted by atomic mass is 10.0. The molecule has 29 heavy (non-hydrogen) atoms. The van der Waals surface area contributed by atoms with Crippen LogP contribution in [0.3, 0.4) is 0 Å². The fourth-order valence-electron chi connectivity index (χ4n) is 4.25. The summed E-state index contributed by atoms with van der Waals surface area (Å²) in [6.07, 6.45) is 0.859. The average Bonchev–Trinajstić information content (AvgIpc) is 3.37. The normalized spacial score (nSPS) is 18.9. The molecule has 5 rings (SSSR count). The molecule has 0 unspecified atom stereocenters. The molecule has 5 nitrogen and oxygen atoms in total. The van der Waals surface area contributed by atoms with Gasteiger partial charge in [-0.25, -0.2) is 4.79 Å². The Morgan fingerprint density at radius 1 is 0.828 bits per heavy atom. The maximum Gasteiger partial charge on any atom is 0.340 e. The highest BCUT2D eigenvalue weighted by molar-refractivity contribution is 5.95. The Balaban J connectivity index is 1.51. The summed E-state index contributed by atoms with van der Waals surface area (Å²) < 4.78 is 5.30. The molecule has 0 saturated carbocycles. The van der Waals surface area contributed by atoms with Crippen LogP contribution in [0, 0.1) is 0 Å². The van der Waals surface area contributed by atoms with Crippen molar-refractivity contribution in [3.8, 4) is 16.9 Å². The molecule has 0 N–H and O–H groups in total. The van der Waals surface area contributed by atoms with Crippen LogP contribution in [-0.4, -0.2) is 36.2 Å². The van der Waals surface area contributed by atoms with E-state index in [9.17, 15) is 4.79 Å². The first-order chi connectivity index (χ1) is 14.3. The first-order valence-corrected chi connectivity index (χ1v) is 9.93. The smallest absolute Gasteiger partial charge is 0.340 e. The third kappa shape index (κ3) is 3.04. The number of amides is 2. The van der Waals surface area contributed by atoms with Gasteiger partial charge in [0.25, 0.3) is 0 Å².